The van der Waals surface area contributed by atoms with Gasteiger partial charge < -0.3 is 15.3 Å². The van der Waals surface area contributed by atoms with Crippen molar-refractivity contribution in [2.45, 2.75) is 39.2 Å². The van der Waals surface area contributed by atoms with E-state index in [0.29, 0.717) is 5.75 Å². The van der Waals surface area contributed by atoms with Crippen LogP contribution in [0.2, 0.25) is 0 Å². The Bertz CT molecular complexity index is 415. The van der Waals surface area contributed by atoms with Gasteiger partial charge in [-0.3, -0.25) is 0 Å². The zero-order valence-corrected chi connectivity index (χ0v) is 12.3. The van der Waals surface area contributed by atoms with Gasteiger partial charge in [-0.15, -0.1) is 0 Å². The SMILES string of the molecule is CCN(CC1CCC1)c1ccc(C(C)NC)c(O)c1. The van der Waals surface area contributed by atoms with E-state index in [1.54, 1.807) is 0 Å². The van der Waals surface area contributed by atoms with Gasteiger partial charge >= 0.3 is 0 Å². The van der Waals surface area contributed by atoms with Gasteiger partial charge in [-0.2, -0.15) is 0 Å². The van der Waals surface area contributed by atoms with Crippen molar-refractivity contribution >= 4 is 5.69 Å². The van der Waals surface area contributed by atoms with E-state index in [0.717, 1.165) is 30.3 Å². The van der Waals surface area contributed by atoms with Crippen LogP contribution in [0.3, 0.4) is 0 Å². The third-order valence-corrected chi connectivity index (χ3v) is 4.36. The molecule has 3 heteroatoms. The fourth-order valence-electron chi connectivity index (χ4n) is 2.65. The summed E-state index contributed by atoms with van der Waals surface area (Å²) in [5.74, 6) is 1.24. The summed E-state index contributed by atoms with van der Waals surface area (Å²) in [4.78, 5) is 2.37. The summed E-state index contributed by atoms with van der Waals surface area (Å²) < 4.78 is 0. The lowest BCUT2D eigenvalue weighted by Gasteiger charge is -2.33. The van der Waals surface area contributed by atoms with Crippen LogP contribution in [-0.2, 0) is 0 Å². The molecule has 106 valence electrons. The number of hydrogen-bond acceptors (Lipinski definition) is 3. The number of benzene rings is 1. The van der Waals surface area contributed by atoms with Crippen LogP contribution in [0.5, 0.6) is 5.75 Å². The van der Waals surface area contributed by atoms with Gasteiger partial charge in [0.1, 0.15) is 5.75 Å². The van der Waals surface area contributed by atoms with Crippen molar-refractivity contribution in [1.29, 1.82) is 0 Å². The molecule has 3 nitrogen and oxygen atoms in total. The van der Waals surface area contributed by atoms with Crippen molar-refractivity contribution in [3.8, 4) is 5.75 Å². The van der Waals surface area contributed by atoms with Gasteiger partial charge in [0, 0.05) is 36.4 Å². The van der Waals surface area contributed by atoms with Crippen molar-refractivity contribution < 1.29 is 5.11 Å². The average Bonchev–Trinajstić information content (AvgIpc) is 2.37. The molecule has 0 amide bonds. The first-order chi connectivity index (χ1) is 9.15. The maximum absolute atomic E-state index is 10.2. The van der Waals surface area contributed by atoms with Crippen LogP contribution in [0.1, 0.15) is 44.7 Å². The maximum Gasteiger partial charge on any atom is 0.122 e. The highest BCUT2D eigenvalue weighted by atomic mass is 16.3. The maximum atomic E-state index is 10.2. The quantitative estimate of drug-likeness (QED) is 0.825. The Morgan fingerprint density at radius 3 is 2.63 bits per heavy atom. The standard InChI is InChI=1S/C16H26N2O/c1-4-18(11-13-6-5-7-13)14-8-9-15(12(2)17-3)16(19)10-14/h8-10,12-13,17,19H,4-7,11H2,1-3H3. The molecule has 2 N–H and O–H groups in total. The fraction of sp³-hybridized carbons (Fsp3) is 0.625. The molecule has 0 radical (unpaired) electrons. The van der Waals surface area contributed by atoms with E-state index < -0.39 is 0 Å². The number of phenols is 1. The molecule has 1 aliphatic rings. The lowest BCUT2D eigenvalue weighted by molar-refractivity contribution is 0.318. The second-order valence-electron chi connectivity index (χ2n) is 5.59. The smallest absolute Gasteiger partial charge is 0.122 e. The van der Waals surface area contributed by atoms with Gasteiger partial charge in [0.25, 0.3) is 0 Å². The summed E-state index contributed by atoms with van der Waals surface area (Å²) in [6.07, 6.45) is 4.10. The van der Waals surface area contributed by atoms with Crippen LogP contribution in [0.4, 0.5) is 5.69 Å². The normalized spacial score (nSPS) is 17.0. The molecule has 1 atom stereocenters. The molecule has 19 heavy (non-hydrogen) atoms. The highest BCUT2D eigenvalue weighted by molar-refractivity contribution is 5.54. The third-order valence-electron chi connectivity index (χ3n) is 4.36. The van der Waals surface area contributed by atoms with E-state index in [1.165, 1.54) is 19.3 Å². The lowest BCUT2D eigenvalue weighted by atomic mass is 9.85. The Hall–Kier alpha value is -1.22. The summed E-state index contributed by atoms with van der Waals surface area (Å²) in [7, 11) is 1.91. The number of phenolic OH excluding ortho intramolecular Hbond substituents is 1. The van der Waals surface area contributed by atoms with Crippen LogP contribution < -0.4 is 10.2 Å². The molecular formula is C16H26N2O. The Balaban J connectivity index is 2.12. The Morgan fingerprint density at radius 1 is 1.42 bits per heavy atom. The van der Waals surface area contributed by atoms with Gasteiger partial charge in [0.2, 0.25) is 0 Å². The van der Waals surface area contributed by atoms with Crippen LogP contribution in [0.25, 0.3) is 0 Å². The minimum atomic E-state index is 0.177. The van der Waals surface area contributed by atoms with Gasteiger partial charge in [-0.25, -0.2) is 0 Å². The first-order valence-corrected chi connectivity index (χ1v) is 7.40. The number of nitrogens with one attached hydrogen (secondary N) is 1. The highest BCUT2D eigenvalue weighted by Crippen LogP contribution is 2.32. The largest absolute Gasteiger partial charge is 0.508 e. The molecule has 0 aromatic heterocycles. The summed E-state index contributed by atoms with van der Waals surface area (Å²) in [6, 6.07) is 6.25. The summed E-state index contributed by atoms with van der Waals surface area (Å²) >= 11 is 0. The summed E-state index contributed by atoms with van der Waals surface area (Å²) in [5.41, 5.74) is 2.10. The average molecular weight is 262 g/mol. The van der Waals surface area contributed by atoms with E-state index in [9.17, 15) is 5.11 Å². The zero-order chi connectivity index (χ0) is 13.8. The van der Waals surface area contributed by atoms with Crippen LogP contribution >= 0.6 is 0 Å². The van der Waals surface area contributed by atoms with E-state index in [4.69, 9.17) is 0 Å². The van der Waals surface area contributed by atoms with E-state index in [-0.39, 0.29) is 6.04 Å². The number of rotatable bonds is 6. The van der Waals surface area contributed by atoms with Crippen LogP contribution in [0, 0.1) is 5.92 Å². The molecule has 1 unspecified atom stereocenters. The highest BCUT2D eigenvalue weighted by Gasteiger charge is 2.21. The Morgan fingerprint density at radius 2 is 2.16 bits per heavy atom. The number of hydrogen-bond donors (Lipinski definition) is 2. The van der Waals surface area contributed by atoms with Crippen molar-refractivity contribution in [2.24, 2.45) is 5.92 Å². The number of nitrogens with zero attached hydrogens (tertiary/aromatic N) is 1. The van der Waals surface area contributed by atoms with Gasteiger partial charge in [0.05, 0.1) is 0 Å². The number of anilines is 1. The molecular weight excluding hydrogens is 236 g/mol. The minimum absolute atomic E-state index is 0.177. The van der Waals surface area contributed by atoms with Crippen molar-refractivity contribution in [3.63, 3.8) is 0 Å². The Kier molecular flexibility index (Phi) is 4.70. The first kappa shape index (κ1) is 14.2. The predicted octanol–water partition coefficient (Wildman–Crippen LogP) is 3.30. The van der Waals surface area contributed by atoms with Gasteiger partial charge in [0.15, 0.2) is 0 Å². The van der Waals surface area contributed by atoms with Crippen molar-refractivity contribution in [2.75, 3.05) is 25.0 Å². The predicted molar refractivity (Wildman–Crippen MR) is 80.8 cm³/mol. The topological polar surface area (TPSA) is 35.5 Å². The summed E-state index contributed by atoms with van der Waals surface area (Å²) in [6.45, 7) is 6.36. The third kappa shape index (κ3) is 3.21. The second kappa shape index (κ2) is 6.29. The first-order valence-electron chi connectivity index (χ1n) is 7.40. The van der Waals surface area contributed by atoms with E-state index in [2.05, 4.69) is 30.1 Å². The molecule has 1 aromatic carbocycles. The van der Waals surface area contributed by atoms with Gasteiger partial charge in [-0.1, -0.05) is 12.5 Å². The molecule has 1 aromatic rings. The molecule has 1 saturated carbocycles. The zero-order valence-electron chi connectivity index (χ0n) is 12.3. The second-order valence-corrected chi connectivity index (χ2v) is 5.59. The molecule has 0 bridgehead atoms. The molecule has 0 aliphatic heterocycles. The monoisotopic (exact) mass is 262 g/mol. The molecule has 1 aliphatic carbocycles. The Labute approximate surface area is 116 Å². The van der Waals surface area contributed by atoms with Crippen molar-refractivity contribution in [1.82, 2.24) is 5.32 Å². The van der Waals surface area contributed by atoms with Crippen molar-refractivity contribution in [3.05, 3.63) is 23.8 Å². The summed E-state index contributed by atoms with van der Waals surface area (Å²) in [5, 5.41) is 13.3. The molecule has 0 saturated heterocycles. The van der Waals surface area contributed by atoms with E-state index >= 15 is 0 Å². The molecule has 1 fully saturated rings. The molecule has 0 spiro atoms. The van der Waals surface area contributed by atoms with Crippen LogP contribution in [-0.4, -0.2) is 25.2 Å². The van der Waals surface area contributed by atoms with Gasteiger partial charge in [-0.05, 0) is 45.7 Å². The lowest BCUT2D eigenvalue weighted by Crippen LogP contribution is -2.32. The minimum Gasteiger partial charge on any atom is -0.508 e. The van der Waals surface area contributed by atoms with Crippen LogP contribution in [0.15, 0.2) is 18.2 Å². The number of aromatic hydroxyl groups is 1. The van der Waals surface area contributed by atoms with E-state index in [1.807, 2.05) is 19.2 Å². The fourth-order valence-corrected chi connectivity index (χ4v) is 2.65. The molecule has 0 heterocycles. The molecule has 2 rings (SSSR count).